The van der Waals surface area contributed by atoms with E-state index in [0.717, 1.165) is 0 Å². The summed E-state index contributed by atoms with van der Waals surface area (Å²) in [6.45, 7) is 9.06. The van der Waals surface area contributed by atoms with Gasteiger partial charge in [-0.15, -0.1) is 0 Å². The molecule has 0 amide bonds. The molecule has 2 nitrogen and oxygen atoms in total. The molecule has 2 heterocycles. The van der Waals surface area contributed by atoms with E-state index in [4.69, 9.17) is 4.98 Å². The first-order valence-electron chi connectivity index (χ1n) is 6.46. The van der Waals surface area contributed by atoms with Crippen LogP contribution in [-0.4, -0.2) is 9.97 Å². The van der Waals surface area contributed by atoms with Gasteiger partial charge in [0.05, 0.1) is 11.4 Å². The molecule has 0 aliphatic heterocycles. The Bertz CT molecular complexity index is 644. The predicted octanol–water partition coefficient (Wildman–Crippen LogP) is 3.42. The first-order valence-corrected chi connectivity index (χ1v) is 6.46. The molecular weight excluding hydrogens is 220 g/mol. The summed E-state index contributed by atoms with van der Waals surface area (Å²) in [5, 5.41) is 0. The van der Waals surface area contributed by atoms with Gasteiger partial charge in [-0.1, -0.05) is 27.7 Å². The second-order valence-electron chi connectivity index (χ2n) is 6.42. The fraction of sp³-hybridized carbons (Fsp3) is 0.375. The van der Waals surface area contributed by atoms with Crippen molar-refractivity contribution in [1.82, 2.24) is 9.97 Å². The second kappa shape index (κ2) is 2.66. The fourth-order valence-corrected chi connectivity index (χ4v) is 3.20. The van der Waals surface area contributed by atoms with Crippen molar-refractivity contribution in [1.29, 1.82) is 0 Å². The summed E-state index contributed by atoms with van der Waals surface area (Å²) >= 11 is 0. The maximum absolute atomic E-state index is 4.83. The highest BCUT2D eigenvalue weighted by atomic mass is 14.9. The molecule has 2 aliphatic rings. The van der Waals surface area contributed by atoms with Crippen LogP contribution in [0.15, 0.2) is 24.5 Å². The first-order chi connectivity index (χ1) is 8.45. The van der Waals surface area contributed by atoms with Crippen LogP contribution >= 0.6 is 0 Å². The summed E-state index contributed by atoms with van der Waals surface area (Å²) in [6.07, 6.45) is 3.75. The van der Waals surface area contributed by atoms with E-state index < -0.39 is 0 Å². The van der Waals surface area contributed by atoms with Gasteiger partial charge in [0, 0.05) is 23.2 Å². The van der Waals surface area contributed by atoms with Crippen molar-refractivity contribution in [2.24, 2.45) is 0 Å². The van der Waals surface area contributed by atoms with Crippen LogP contribution < -0.4 is 0 Å². The largest absolute Gasteiger partial charge is 0.265 e. The smallest absolute Gasteiger partial charge is 0.0556 e. The third-order valence-electron chi connectivity index (χ3n) is 4.48. The highest BCUT2D eigenvalue weighted by molar-refractivity contribution is 5.87. The van der Waals surface area contributed by atoms with Crippen LogP contribution in [-0.2, 0) is 10.8 Å². The molecule has 0 fully saturated rings. The van der Waals surface area contributed by atoms with Crippen molar-refractivity contribution in [3.8, 4) is 11.1 Å². The monoisotopic (exact) mass is 236 g/mol. The Hall–Kier alpha value is -1.70. The average molecular weight is 236 g/mol. The Morgan fingerprint density at radius 2 is 1.33 bits per heavy atom. The van der Waals surface area contributed by atoms with Crippen molar-refractivity contribution in [2.45, 2.75) is 38.5 Å². The number of nitrogens with zero attached hydrogens (tertiary/aromatic N) is 2. The van der Waals surface area contributed by atoms with Gasteiger partial charge in [0.2, 0.25) is 0 Å². The maximum Gasteiger partial charge on any atom is 0.0556 e. The second-order valence-corrected chi connectivity index (χ2v) is 6.42. The van der Waals surface area contributed by atoms with Crippen LogP contribution in [0.4, 0.5) is 0 Å². The van der Waals surface area contributed by atoms with Crippen LogP contribution in [0, 0.1) is 0 Å². The molecule has 2 aliphatic carbocycles. The van der Waals surface area contributed by atoms with Crippen molar-refractivity contribution in [2.75, 3.05) is 0 Å². The minimum Gasteiger partial charge on any atom is -0.265 e. The molecular formula is C16H16N2. The van der Waals surface area contributed by atoms with E-state index in [1.807, 2.05) is 12.4 Å². The van der Waals surface area contributed by atoms with Gasteiger partial charge in [-0.2, -0.15) is 0 Å². The van der Waals surface area contributed by atoms with E-state index >= 15 is 0 Å². The molecule has 0 bridgehead atoms. The minimum atomic E-state index is 0.169. The van der Waals surface area contributed by atoms with E-state index in [1.54, 1.807) is 0 Å². The number of rotatable bonds is 1. The van der Waals surface area contributed by atoms with Crippen molar-refractivity contribution in [3.63, 3.8) is 0 Å². The van der Waals surface area contributed by atoms with E-state index in [0.29, 0.717) is 0 Å². The van der Waals surface area contributed by atoms with Gasteiger partial charge in [0.15, 0.2) is 0 Å². The summed E-state index contributed by atoms with van der Waals surface area (Å²) in [5.74, 6) is 0. The molecule has 0 radical (unpaired) electrons. The lowest BCUT2D eigenvalue weighted by atomic mass is 9.97. The first kappa shape index (κ1) is 10.2. The fourth-order valence-electron chi connectivity index (χ4n) is 3.20. The van der Waals surface area contributed by atoms with Crippen LogP contribution in [0.2, 0.25) is 0 Å². The van der Waals surface area contributed by atoms with E-state index in [2.05, 4.69) is 44.8 Å². The van der Waals surface area contributed by atoms with E-state index in [1.165, 1.54) is 33.6 Å². The van der Waals surface area contributed by atoms with Gasteiger partial charge < -0.3 is 0 Å². The van der Waals surface area contributed by atoms with Crippen molar-refractivity contribution >= 4 is 0 Å². The van der Waals surface area contributed by atoms with Gasteiger partial charge in [0.1, 0.15) is 0 Å². The zero-order valence-corrected chi connectivity index (χ0v) is 11.2. The van der Waals surface area contributed by atoms with Gasteiger partial charge in [-0.05, 0) is 34.4 Å². The summed E-state index contributed by atoms with van der Waals surface area (Å²) in [7, 11) is 0. The minimum absolute atomic E-state index is 0.169. The molecule has 0 saturated heterocycles. The number of aromatic nitrogens is 2. The molecule has 0 atom stereocenters. The van der Waals surface area contributed by atoms with E-state index in [9.17, 15) is 0 Å². The Morgan fingerprint density at radius 1 is 0.833 bits per heavy atom. The quantitative estimate of drug-likeness (QED) is 0.758. The van der Waals surface area contributed by atoms with Crippen LogP contribution in [0.25, 0.3) is 11.1 Å². The SMILES string of the molecule is CC1(C)c2nc3c(c(-c4ccncc4)c21)C3(C)C. The van der Waals surface area contributed by atoms with Crippen LogP contribution in [0.1, 0.15) is 50.2 Å². The highest BCUT2D eigenvalue weighted by Gasteiger charge is 2.56. The number of hydrogen-bond donors (Lipinski definition) is 0. The van der Waals surface area contributed by atoms with Crippen molar-refractivity contribution < 1.29 is 0 Å². The standard InChI is InChI=1S/C16H16N2/c1-15(2)11-10(9-5-7-17-8-6-9)12-14(16(12,3)4)18-13(11)15/h5-8H,1-4H3. The maximum atomic E-state index is 4.83. The van der Waals surface area contributed by atoms with E-state index in [-0.39, 0.29) is 10.8 Å². The molecule has 0 spiro atoms. The van der Waals surface area contributed by atoms with Crippen LogP contribution in [0.5, 0.6) is 0 Å². The summed E-state index contributed by atoms with van der Waals surface area (Å²) < 4.78 is 0. The van der Waals surface area contributed by atoms with Gasteiger partial charge in [0.25, 0.3) is 0 Å². The summed E-state index contributed by atoms with van der Waals surface area (Å²) in [4.78, 5) is 8.96. The molecule has 0 N–H and O–H groups in total. The summed E-state index contributed by atoms with van der Waals surface area (Å²) in [5.41, 5.74) is 8.52. The zero-order chi connectivity index (χ0) is 12.7. The topological polar surface area (TPSA) is 25.8 Å². The highest BCUT2D eigenvalue weighted by Crippen LogP contribution is 2.63. The third kappa shape index (κ3) is 1.000. The van der Waals surface area contributed by atoms with Crippen LogP contribution in [0.3, 0.4) is 0 Å². The zero-order valence-electron chi connectivity index (χ0n) is 11.2. The number of pyridine rings is 2. The average Bonchev–Trinajstić information content (AvgIpc) is 3.11. The molecule has 90 valence electrons. The Kier molecular flexibility index (Phi) is 1.51. The lowest BCUT2D eigenvalue weighted by molar-refractivity contribution is 0.741. The number of fused-ring (bicyclic) bond motifs is 2. The Labute approximate surface area is 107 Å². The Morgan fingerprint density at radius 3 is 1.83 bits per heavy atom. The molecule has 0 saturated carbocycles. The summed E-state index contributed by atoms with van der Waals surface area (Å²) in [6, 6.07) is 4.22. The van der Waals surface area contributed by atoms with Gasteiger partial charge in [-0.3, -0.25) is 9.97 Å². The number of hydrogen-bond acceptors (Lipinski definition) is 2. The lowest BCUT2D eigenvalue weighted by Crippen LogP contribution is -1.98. The molecule has 2 aromatic rings. The normalized spacial score (nSPS) is 20.0. The molecule has 18 heavy (non-hydrogen) atoms. The third-order valence-corrected chi connectivity index (χ3v) is 4.48. The lowest BCUT2D eigenvalue weighted by Gasteiger charge is -2.06. The van der Waals surface area contributed by atoms with Gasteiger partial charge >= 0.3 is 0 Å². The molecule has 0 unspecified atom stereocenters. The van der Waals surface area contributed by atoms with Gasteiger partial charge in [-0.25, -0.2) is 0 Å². The molecule has 4 rings (SSSR count). The Balaban J connectivity index is 2.02. The molecule has 0 aromatic carbocycles. The predicted molar refractivity (Wildman–Crippen MR) is 71.7 cm³/mol. The molecule has 2 heteroatoms. The molecule has 2 aromatic heterocycles. The van der Waals surface area contributed by atoms with Crippen molar-refractivity contribution in [3.05, 3.63) is 47.0 Å².